The quantitative estimate of drug-likeness (QED) is 0.755. The largest absolute Gasteiger partial charge is 0.381 e. The molecule has 1 aliphatic rings. The van der Waals surface area contributed by atoms with Crippen molar-refractivity contribution in [2.45, 2.75) is 37.8 Å². The maximum atomic E-state index is 12.9. The third kappa shape index (κ3) is 3.37. The molecule has 3 aromatic rings. The lowest BCUT2D eigenvalue weighted by Gasteiger charge is -2.38. The zero-order valence-electron chi connectivity index (χ0n) is 15.9. The first kappa shape index (κ1) is 17.8. The number of nitrogens with one attached hydrogen (secondary N) is 1. The van der Waals surface area contributed by atoms with Gasteiger partial charge in [0.1, 0.15) is 5.82 Å². The Labute approximate surface area is 159 Å². The van der Waals surface area contributed by atoms with Crippen molar-refractivity contribution in [2.24, 2.45) is 7.05 Å². The highest BCUT2D eigenvalue weighted by molar-refractivity contribution is 5.78. The number of aromatic nitrogens is 3. The molecule has 1 saturated heterocycles. The van der Waals surface area contributed by atoms with Crippen LogP contribution in [-0.4, -0.2) is 33.2 Å². The predicted molar refractivity (Wildman–Crippen MR) is 104 cm³/mol. The van der Waals surface area contributed by atoms with E-state index >= 15 is 0 Å². The van der Waals surface area contributed by atoms with Crippen molar-refractivity contribution in [1.82, 2.24) is 19.4 Å². The number of amides is 1. The number of nitrogens with zero attached hydrogens (tertiary/aromatic N) is 3. The van der Waals surface area contributed by atoms with Crippen LogP contribution in [0.15, 0.2) is 48.8 Å². The Kier molecular flexibility index (Phi) is 4.74. The summed E-state index contributed by atoms with van der Waals surface area (Å²) < 4.78 is 9.77. The van der Waals surface area contributed by atoms with E-state index in [0.717, 1.165) is 29.7 Å². The van der Waals surface area contributed by atoms with Crippen LogP contribution in [0.5, 0.6) is 0 Å². The summed E-state index contributed by atoms with van der Waals surface area (Å²) in [4.78, 5) is 17.6. The van der Waals surface area contributed by atoms with E-state index in [-0.39, 0.29) is 17.5 Å². The number of para-hydroxylation sites is 2. The lowest BCUT2D eigenvalue weighted by molar-refractivity contribution is -0.125. The average molecular weight is 366 g/mol. The Balaban J connectivity index is 1.51. The van der Waals surface area contributed by atoms with Crippen molar-refractivity contribution in [1.29, 1.82) is 0 Å². The van der Waals surface area contributed by atoms with E-state index in [1.807, 2.05) is 62.8 Å². The number of carbonyl (C=O) groups excluding carboxylic acids is 1. The highest BCUT2D eigenvalue weighted by Crippen LogP contribution is 2.33. The predicted octanol–water partition coefficient (Wildman–Crippen LogP) is 3.15. The molecular weight excluding hydrogens is 340 g/mol. The van der Waals surface area contributed by atoms with Crippen molar-refractivity contribution in [3.63, 3.8) is 0 Å². The monoisotopic (exact) mass is 366 g/mol. The summed E-state index contributed by atoms with van der Waals surface area (Å²) >= 11 is 0. The van der Waals surface area contributed by atoms with E-state index in [1.165, 1.54) is 0 Å². The number of aryl methyl sites for hydroxylation is 1. The molecule has 1 amide bonds. The fourth-order valence-corrected chi connectivity index (χ4v) is 4.14. The number of carbonyl (C=O) groups is 1. The van der Waals surface area contributed by atoms with Crippen molar-refractivity contribution >= 4 is 16.9 Å². The van der Waals surface area contributed by atoms with Gasteiger partial charge in [0, 0.05) is 32.7 Å². The number of hydrogen-bond acceptors (Lipinski definition) is 3. The van der Waals surface area contributed by atoms with Crippen LogP contribution in [-0.2, 0) is 22.1 Å². The van der Waals surface area contributed by atoms with Gasteiger partial charge in [-0.25, -0.2) is 4.98 Å². The summed E-state index contributed by atoms with van der Waals surface area (Å²) in [6.45, 7) is 3.36. The third-order valence-corrected chi connectivity index (χ3v) is 5.65. The van der Waals surface area contributed by atoms with Crippen LogP contribution >= 0.6 is 0 Å². The summed E-state index contributed by atoms with van der Waals surface area (Å²) in [5.74, 6) is 0.914. The molecule has 0 radical (unpaired) electrons. The minimum absolute atomic E-state index is 0.0464. The van der Waals surface area contributed by atoms with Crippen molar-refractivity contribution in [2.75, 3.05) is 13.2 Å². The molecule has 0 aliphatic carbocycles. The molecule has 1 aliphatic heterocycles. The lowest BCUT2D eigenvalue weighted by Crippen LogP contribution is -2.43. The molecule has 1 N–H and O–H groups in total. The van der Waals surface area contributed by atoms with Gasteiger partial charge in [0.25, 0.3) is 0 Å². The van der Waals surface area contributed by atoms with E-state index in [1.54, 1.807) is 0 Å². The Morgan fingerprint density at radius 2 is 1.93 bits per heavy atom. The molecule has 1 atom stereocenters. The molecular formula is C21H26N4O2. The van der Waals surface area contributed by atoms with Crippen LogP contribution in [0.4, 0.5) is 0 Å². The molecule has 0 saturated carbocycles. The fourth-order valence-electron chi connectivity index (χ4n) is 4.14. The minimum atomic E-state index is -0.210. The Morgan fingerprint density at radius 1 is 1.22 bits per heavy atom. The molecule has 1 aromatic carbocycles. The highest BCUT2D eigenvalue weighted by atomic mass is 16.5. The molecule has 0 bridgehead atoms. The minimum Gasteiger partial charge on any atom is -0.381 e. The third-order valence-electron chi connectivity index (χ3n) is 5.65. The van der Waals surface area contributed by atoms with Crippen LogP contribution in [0.2, 0.25) is 0 Å². The highest BCUT2D eigenvalue weighted by Gasteiger charge is 2.36. The topological polar surface area (TPSA) is 61.1 Å². The molecule has 0 spiro atoms. The van der Waals surface area contributed by atoms with E-state index < -0.39 is 0 Å². The molecule has 6 nitrogen and oxygen atoms in total. The van der Waals surface area contributed by atoms with Gasteiger partial charge in [-0.15, -0.1) is 0 Å². The molecule has 2 aromatic heterocycles. The standard InChI is InChI=1S/C21H26N4O2/c1-16(20-23-17-7-3-4-8-18(17)24(20)2)22-19(26)15-21(9-13-27-14-10-21)25-11-5-6-12-25/h3-8,11-12,16H,9-10,13-15H2,1-2H3,(H,22,26)/t16-/m0/s1. The second kappa shape index (κ2) is 7.19. The van der Waals surface area contributed by atoms with Gasteiger partial charge in [-0.05, 0) is 44.0 Å². The van der Waals surface area contributed by atoms with Crippen molar-refractivity contribution in [3.05, 3.63) is 54.6 Å². The second-order valence-corrected chi connectivity index (χ2v) is 7.41. The Morgan fingerprint density at radius 3 is 2.63 bits per heavy atom. The molecule has 6 heteroatoms. The molecule has 4 rings (SSSR count). The van der Waals surface area contributed by atoms with Gasteiger partial charge in [-0.3, -0.25) is 4.79 Å². The summed E-state index contributed by atoms with van der Waals surface area (Å²) in [5, 5.41) is 3.16. The van der Waals surface area contributed by atoms with Gasteiger partial charge in [0.15, 0.2) is 0 Å². The zero-order chi connectivity index (χ0) is 18.9. The average Bonchev–Trinajstić information content (AvgIpc) is 3.32. The van der Waals surface area contributed by atoms with Gasteiger partial charge in [0.05, 0.1) is 29.0 Å². The van der Waals surface area contributed by atoms with Gasteiger partial charge in [-0.2, -0.15) is 0 Å². The first-order valence-electron chi connectivity index (χ1n) is 9.51. The zero-order valence-corrected chi connectivity index (χ0v) is 15.9. The summed E-state index contributed by atoms with van der Waals surface area (Å²) in [6, 6.07) is 11.9. The van der Waals surface area contributed by atoms with E-state index in [4.69, 9.17) is 9.72 Å². The Bertz CT molecular complexity index is 923. The number of ether oxygens (including phenoxy) is 1. The summed E-state index contributed by atoms with van der Waals surface area (Å²) in [5.41, 5.74) is 1.81. The van der Waals surface area contributed by atoms with Crippen molar-refractivity contribution < 1.29 is 9.53 Å². The molecule has 1 fully saturated rings. The molecule has 142 valence electrons. The van der Waals surface area contributed by atoms with E-state index in [9.17, 15) is 4.79 Å². The maximum absolute atomic E-state index is 12.9. The SMILES string of the molecule is C[C@H](NC(=O)CC1(n2cccc2)CCOCC1)c1nc2ccccc2n1C. The van der Waals surface area contributed by atoms with Gasteiger partial charge < -0.3 is 19.2 Å². The fraction of sp³-hybridized carbons (Fsp3) is 0.429. The number of rotatable bonds is 5. The second-order valence-electron chi connectivity index (χ2n) is 7.41. The number of fused-ring (bicyclic) bond motifs is 1. The summed E-state index contributed by atoms with van der Waals surface area (Å²) in [7, 11) is 1.99. The smallest absolute Gasteiger partial charge is 0.222 e. The van der Waals surface area contributed by atoms with E-state index in [2.05, 4.69) is 14.5 Å². The van der Waals surface area contributed by atoms with Crippen molar-refractivity contribution in [3.8, 4) is 0 Å². The first-order valence-corrected chi connectivity index (χ1v) is 9.51. The van der Waals surface area contributed by atoms with E-state index in [0.29, 0.717) is 19.6 Å². The summed E-state index contributed by atoms with van der Waals surface area (Å²) in [6.07, 6.45) is 6.23. The van der Waals surface area contributed by atoms with Gasteiger partial charge in [0.2, 0.25) is 5.91 Å². The molecule has 3 heterocycles. The number of benzene rings is 1. The van der Waals surface area contributed by atoms with Gasteiger partial charge in [-0.1, -0.05) is 12.1 Å². The first-order chi connectivity index (χ1) is 13.1. The van der Waals surface area contributed by atoms with Crippen LogP contribution in [0.1, 0.15) is 38.1 Å². The number of hydrogen-bond donors (Lipinski definition) is 1. The Hall–Kier alpha value is -2.60. The number of imidazole rings is 1. The maximum Gasteiger partial charge on any atom is 0.222 e. The van der Waals surface area contributed by atoms with Crippen LogP contribution in [0, 0.1) is 0 Å². The molecule has 27 heavy (non-hydrogen) atoms. The normalized spacial score (nSPS) is 17.7. The van der Waals surface area contributed by atoms with Gasteiger partial charge >= 0.3 is 0 Å². The van der Waals surface area contributed by atoms with Crippen LogP contribution in [0.3, 0.4) is 0 Å². The lowest BCUT2D eigenvalue weighted by atomic mass is 9.85. The molecule has 0 unspecified atom stereocenters. The van der Waals surface area contributed by atoms with Crippen LogP contribution in [0.25, 0.3) is 11.0 Å². The van der Waals surface area contributed by atoms with Crippen LogP contribution < -0.4 is 5.32 Å².